The second-order valence-electron chi connectivity index (χ2n) is 2.76. The summed E-state index contributed by atoms with van der Waals surface area (Å²) in [7, 11) is 3.61. The Bertz CT molecular complexity index is 208. The number of ether oxygens (including phenoxy) is 1. The second kappa shape index (κ2) is 4.28. The predicted molar refractivity (Wildman–Crippen MR) is 47.0 cm³/mol. The Balaban J connectivity index is 2.69. The first kappa shape index (κ1) is 9.29. The van der Waals surface area contributed by atoms with Crippen LogP contribution in [0.15, 0.2) is 23.0 Å². The highest BCUT2D eigenvalue weighted by atomic mass is 16.5. The average molecular weight is 169 g/mol. The molecule has 0 aliphatic rings. The van der Waals surface area contributed by atoms with Crippen molar-refractivity contribution >= 4 is 0 Å². The molecule has 0 bridgehead atoms. The van der Waals surface area contributed by atoms with E-state index in [4.69, 9.17) is 9.15 Å². The third-order valence-electron chi connectivity index (χ3n) is 2.05. The molecule has 0 saturated heterocycles. The Kier molecular flexibility index (Phi) is 3.31. The van der Waals surface area contributed by atoms with E-state index < -0.39 is 0 Å². The number of nitrogens with one attached hydrogen (secondary N) is 1. The molecule has 0 amide bonds. The van der Waals surface area contributed by atoms with Crippen molar-refractivity contribution in [3.63, 3.8) is 0 Å². The lowest BCUT2D eigenvalue weighted by atomic mass is 10.1. The summed E-state index contributed by atoms with van der Waals surface area (Å²) < 4.78 is 10.2. The number of methoxy groups -OCH3 is 1. The monoisotopic (exact) mass is 169 g/mol. The van der Waals surface area contributed by atoms with Crippen molar-refractivity contribution in [2.24, 2.45) is 0 Å². The maximum Gasteiger partial charge on any atom is 0.0951 e. The van der Waals surface area contributed by atoms with Gasteiger partial charge in [-0.2, -0.15) is 0 Å². The summed E-state index contributed by atoms with van der Waals surface area (Å²) in [5.41, 5.74) is 1.12. The summed E-state index contributed by atoms with van der Waals surface area (Å²) in [5, 5.41) is 3.17. The van der Waals surface area contributed by atoms with Crippen molar-refractivity contribution in [3.05, 3.63) is 24.2 Å². The molecule has 1 heterocycles. The van der Waals surface area contributed by atoms with Crippen LogP contribution in [0.2, 0.25) is 0 Å². The SMILES string of the molecule is CNC(c1ccoc1)C(C)OC. The topological polar surface area (TPSA) is 34.4 Å². The lowest BCUT2D eigenvalue weighted by Gasteiger charge is -2.20. The molecule has 0 spiro atoms. The van der Waals surface area contributed by atoms with Gasteiger partial charge in [-0.3, -0.25) is 0 Å². The smallest absolute Gasteiger partial charge is 0.0951 e. The lowest BCUT2D eigenvalue weighted by molar-refractivity contribution is 0.0855. The first-order valence-corrected chi connectivity index (χ1v) is 4.01. The van der Waals surface area contributed by atoms with Crippen molar-refractivity contribution in [1.29, 1.82) is 0 Å². The molecule has 0 aliphatic carbocycles. The standard InChI is InChI=1S/C9H15NO2/c1-7(11-3)9(10-2)8-4-5-12-6-8/h4-7,9-10H,1-3H3. The zero-order valence-electron chi connectivity index (χ0n) is 7.70. The minimum atomic E-state index is 0.146. The maximum atomic E-state index is 5.22. The van der Waals surface area contributed by atoms with Gasteiger partial charge in [0.25, 0.3) is 0 Å². The quantitative estimate of drug-likeness (QED) is 0.743. The number of rotatable bonds is 4. The molecule has 0 saturated carbocycles. The van der Waals surface area contributed by atoms with Crippen LogP contribution in [0.5, 0.6) is 0 Å². The molecule has 3 nitrogen and oxygen atoms in total. The molecule has 1 N–H and O–H groups in total. The van der Waals surface area contributed by atoms with Gasteiger partial charge in [0.2, 0.25) is 0 Å². The number of furan rings is 1. The van der Waals surface area contributed by atoms with Gasteiger partial charge in [-0.1, -0.05) is 0 Å². The van der Waals surface area contributed by atoms with Crippen LogP contribution in [-0.2, 0) is 4.74 Å². The molecule has 0 fully saturated rings. The molecule has 0 aromatic carbocycles. The van der Waals surface area contributed by atoms with Crippen LogP contribution in [0.25, 0.3) is 0 Å². The van der Waals surface area contributed by atoms with Gasteiger partial charge in [-0.05, 0) is 20.0 Å². The molecule has 2 atom stereocenters. The van der Waals surface area contributed by atoms with Crippen LogP contribution >= 0.6 is 0 Å². The van der Waals surface area contributed by atoms with Crippen LogP contribution in [0.1, 0.15) is 18.5 Å². The molecule has 0 aliphatic heterocycles. The summed E-state index contributed by atoms with van der Waals surface area (Å²) in [6.07, 6.45) is 3.55. The Morgan fingerprint density at radius 3 is 2.75 bits per heavy atom. The second-order valence-corrected chi connectivity index (χ2v) is 2.76. The Labute approximate surface area is 72.7 Å². The van der Waals surface area contributed by atoms with Crippen LogP contribution in [0.4, 0.5) is 0 Å². The van der Waals surface area contributed by atoms with Gasteiger partial charge in [-0.25, -0.2) is 0 Å². The van der Waals surface area contributed by atoms with E-state index in [1.54, 1.807) is 19.6 Å². The van der Waals surface area contributed by atoms with E-state index in [0.717, 1.165) is 5.56 Å². The van der Waals surface area contributed by atoms with E-state index in [0.29, 0.717) is 0 Å². The van der Waals surface area contributed by atoms with Crippen LogP contribution in [-0.4, -0.2) is 20.3 Å². The number of likely N-dealkylation sites (N-methyl/N-ethyl adjacent to an activating group) is 1. The van der Waals surface area contributed by atoms with Gasteiger partial charge in [-0.15, -0.1) is 0 Å². The minimum Gasteiger partial charge on any atom is -0.472 e. The Hall–Kier alpha value is -0.800. The van der Waals surface area contributed by atoms with Crippen molar-refractivity contribution in [1.82, 2.24) is 5.32 Å². The highest BCUT2D eigenvalue weighted by Crippen LogP contribution is 2.18. The van der Waals surface area contributed by atoms with Crippen molar-refractivity contribution in [2.45, 2.75) is 19.1 Å². The molecule has 3 heteroatoms. The third kappa shape index (κ3) is 1.87. The third-order valence-corrected chi connectivity index (χ3v) is 2.05. The average Bonchev–Trinajstić information content (AvgIpc) is 2.58. The summed E-state index contributed by atoms with van der Waals surface area (Å²) in [4.78, 5) is 0. The van der Waals surface area contributed by atoms with Crippen LogP contribution in [0.3, 0.4) is 0 Å². The van der Waals surface area contributed by atoms with Gasteiger partial charge in [0, 0.05) is 12.7 Å². The normalized spacial score (nSPS) is 15.9. The summed E-state index contributed by atoms with van der Waals surface area (Å²) in [6.45, 7) is 2.02. The summed E-state index contributed by atoms with van der Waals surface area (Å²) >= 11 is 0. The van der Waals surface area contributed by atoms with Gasteiger partial charge >= 0.3 is 0 Å². The summed E-state index contributed by atoms with van der Waals surface area (Å²) in [5.74, 6) is 0. The molecular formula is C9H15NO2. The van der Waals surface area contributed by atoms with E-state index in [1.165, 1.54) is 0 Å². The Morgan fingerprint density at radius 1 is 1.58 bits per heavy atom. The zero-order valence-corrected chi connectivity index (χ0v) is 7.70. The molecule has 1 aromatic heterocycles. The number of hydrogen-bond donors (Lipinski definition) is 1. The fourth-order valence-electron chi connectivity index (χ4n) is 1.26. The summed E-state index contributed by atoms with van der Waals surface area (Å²) in [6, 6.07) is 2.14. The first-order chi connectivity index (χ1) is 5.79. The fraction of sp³-hybridized carbons (Fsp3) is 0.556. The van der Waals surface area contributed by atoms with Crippen molar-refractivity contribution in [2.75, 3.05) is 14.2 Å². The lowest BCUT2D eigenvalue weighted by Crippen LogP contribution is -2.28. The fourth-order valence-corrected chi connectivity index (χ4v) is 1.26. The molecule has 68 valence electrons. The molecule has 2 unspecified atom stereocenters. The van der Waals surface area contributed by atoms with Crippen molar-refractivity contribution < 1.29 is 9.15 Å². The predicted octanol–water partition coefficient (Wildman–Crippen LogP) is 1.57. The van der Waals surface area contributed by atoms with Gasteiger partial charge < -0.3 is 14.5 Å². The Morgan fingerprint density at radius 2 is 2.33 bits per heavy atom. The molecular weight excluding hydrogens is 154 g/mol. The van der Waals surface area contributed by atoms with Gasteiger partial charge in [0.15, 0.2) is 0 Å². The van der Waals surface area contributed by atoms with Crippen LogP contribution in [0, 0.1) is 0 Å². The highest BCUT2D eigenvalue weighted by Gasteiger charge is 2.17. The number of hydrogen-bond acceptors (Lipinski definition) is 3. The van der Waals surface area contributed by atoms with Crippen LogP contribution < -0.4 is 5.32 Å². The maximum absolute atomic E-state index is 5.22. The van der Waals surface area contributed by atoms with E-state index in [9.17, 15) is 0 Å². The van der Waals surface area contributed by atoms with E-state index >= 15 is 0 Å². The molecule has 1 aromatic rings. The first-order valence-electron chi connectivity index (χ1n) is 4.01. The highest BCUT2D eigenvalue weighted by molar-refractivity contribution is 5.12. The van der Waals surface area contributed by atoms with E-state index in [1.807, 2.05) is 20.0 Å². The largest absolute Gasteiger partial charge is 0.472 e. The molecule has 12 heavy (non-hydrogen) atoms. The molecule has 1 rings (SSSR count). The zero-order chi connectivity index (χ0) is 8.97. The van der Waals surface area contributed by atoms with E-state index in [2.05, 4.69) is 5.32 Å². The van der Waals surface area contributed by atoms with Gasteiger partial charge in [0.1, 0.15) is 0 Å². The molecule has 0 radical (unpaired) electrons. The van der Waals surface area contributed by atoms with Gasteiger partial charge in [0.05, 0.1) is 24.7 Å². The van der Waals surface area contributed by atoms with E-state index in [-0.39, 0.29) is 12.1 Å². The van der Waals surface area contributed by atoms with Crippen molar-refractivity contribution in [3.8, 4) is 0 Å². The minimum absolute atomic E-state index is 0.146.